The lowest BCUT2D eigenvalue weighted by Gasteiger charge is -2.12. The number of para-hydroxylation sites is 1. The van der Waals surface area contributed by atoms with Crippen LogP contribution in [0.15, 0.2) is 152 Å². The van der Waals surface area contributed by atoms with Crippen molar-refractivity contribution in [3.8, 4) is 61.8 Å². The van der Waals surface area contributed by atoms with E-state index >= 15 is 0 Å². The molecule has 0 saturated carbocycles. The molecule has 0 bridgehead atoms. The molecule has 4 heteroatoms. The molecule has 0 radical (unpaired) electrons. The minimum absolute atomic E-state index is 0.206. The topological polar surface area (TPSA) is 50.9 Å². The molecule has 0 amide bonds. The summed E-state index contributed by atoms with van der Waals surface area (Å²) in [6.45, 7) is 0. The van der Waals surface area contributed by atoms with Crippen LogP contribution in [0.2, 0.25) is 0 Å². The highest BCUT2D eigenvalue weighted by atomic mass is 16.3. The quantitative estimate of drug-likeness (QED) is 0.221. The number of aromatic hydroxyl groups is 1. The summed E-state index contributed by atoms with van der Waals surface area (Å²) in [5, 5.41) is 13.2. The van der Waals surface area contributed by atoms with Crippen molar-refractivity contribution in [1.82, 2.24) is 14.5 Å². The van der Waals surface area contributed by atoms with Crippen molar-refractivity contribution in [1.29, 1.82) is 0 Å². The number of benzene rings is 6. The largest absolute Gasteiger partial charge is 0.507 e. The number of phenolic OH excluding ortho intramolecular Hbond substituents is 1. The zero-order valence-corrected chi connectivity index (χ0v) is 24.7. The van der Waals surface area contributed by atoms with Crippen molar-refractivity contribution in [3.63, 3.8) is 0 Å². The van der Waals surface area contributed by atoms with Crippen LogP contribution < -0.4 is 0 Å². The second-order valence-corrected chi connectivity index (χ2v) is 11.3. The van der Waals surface area contributed by atoms with Crippen molar-refractivity contribution in [2.24, 2.45) is 7.05 Å². The van der Waals surface area contributed by atoms with Gasteiger partial charge < -0.3 is 9.67 Å². The maximum Gasteiger partial charge on any atom is 0.144 e. The van der Waals surface area contributed by atoms with E-state index in [9.17, 15) is 5.11 Å². The third-order valence-corrected chi connectivity index (χ3v) is 8.58. The normalized spacial score (nSPS) is 11.3. The van der Waals surface area contributed by atoms with E-state index < -0.39 is 0 Å². The Bertz CT molecular complexity index is 2350. The number of hydrogen-bond acceptors (Lipinski definition) is 3. The molecule has 0 aliphatic heterocycles. The second kappa shape index (κ2) is 10.9. The summed E-state index contributed by atoms with van der Waals surface area (Å²) >= 11 is 0. The van der Waals surface area contributed by atoms with E-state index in [0.29, 0.717) is 11.4 Å². The molecule has 8 aromatic rings. The van der Waals surface area contributed by atoms with E-state index in [1.165, 1.54) is 16.3 Å². The Morgan fingerprint density at radius 2 is 1.20 bits per heavy atom. The van der Waals surface area contributed by atoms with Gasteiger partial charge in [-0.3, -0.25) is 4.98 Å². The summed E-state index contributed by atoms with van der Waals surface area (Å²) in [5.41, 5.74) is 11.1. The molecule has 45 heavy (non-hydrogen) atoms. The molecule has 0 unspecified atom stereocenters. The molecule has 214 valence electrons. The van der Waals surface area contributed by atoms with Crippen LogP contribution in [0.5, 0.6) is 5.75 Å². The maximum absolute atomic E-state index is 10.8. The van der Waals surface area contributed by atoms with Crippen LogP contribution in [0.3, 0.4) is 0 Å². The van der Waals surface area contributed by atoms with E-state index in [1.54, 1.807) is 6.07 Å². The fraction of sp³-hybridized carbons (Fsp3) is 0.0244. The molecule has 0 aliphatic carbocycles. The molecule has 0 atom stereocenters. The number of phenols is 1. The number of aryl methyl sites for hydroxylation is 1. The van der Waals surface area contributed by atoms with Gasteiger partial charge in [0, 0.05) is 29.9 Å². The Balaban J connectivity index is 1.29. The Kier molecular flexibility index (Phi) is 6.46. The highest BCUT2D eigenvalue weighted by molar-refractivity contribution is 6.03. The summed E-state index contributed by atoms with van der Waals surface area (Å²) in [6, 6.07) is 49.8. The first kappa shape index (κ1) is 26.6. The van der Waals surface area contributed by atoms with E-state index in [-0.39, 0.29) is 5.75 Å². The Morgan fingerprint density at radius 3 is 2.09 bits per heavy atom. The lowest BCUT2D eigenvalue weighted by atomic mass is 9.95. The highest BCUT2D eigenvalue weighted by Gasteiger charge is 2.20. The van der Waals surface area contributed by atoms with E-state index in [0.717, 1.165) is 50.1 Å². The van der Waals surface area contributed by atoms with Crippen molar-refractivity contribution >= 4 is 21.8 Å². The van der Waals surface area contributed by atoms with E-state index in [4.69, 9.17) is 9.97 Å². The summed E-state index contributed by atoms with van der Waals surface area (Å²) in [7, 11) is 2.02. The highest BCUT2D eigenvalue weighted by Crippen LogP contribution is 2.40. The van der Waals surface area contributed by atoms with Gasteiger partial charge in [-0.05, 0) is 63.4 Å². The summed E-state index contributed by atoms with van der Waals surface area (Å²) in [4.78, 5) is 9.96. The lowest BCUT2D eigenvalue weighted by Crippen LogP contribution is -1.94. The number of fused-ring (bicyclic) bond motifs is 2. The van der Waals surface area contributed by atoms with Gasteiger partial charge in [0.25, 0.3) is 0 Å². The molecular weight excluding hydrogens is 550 g/mol. The molecule has 4 nitrogen and oxygen atoms in total. The number of aromatic nitrogens is 3. The fourth-order valence-corrected chi connectivity index (χ4v) is 6.39. The summed E-state index contributed by atoms with van der Waals surface area (Å²) < 4.78 is 2.09. The van der Waals surface area contributed by atoms with E-state index in [1.807, 2.05) is 37.5 Å². The van der Waals surface area contributed by atoms with Gasteiger partial charge in [0.15, 0.2) is 0 Å². The first-order chi connectivity index (χ1) is 22.2. The SMILES string of the molecule is Cn1c(-c2ccccc2O)nc2c(-c3cccc(-c4cc(-c5cccc6ccccc56)ccn4)c3)ccc(-c3ccccc3)c21. The van der Waals surface area contributed by atoms with Gasteiger partial charge in [-0.2, -0.15) is 0 Å². The monoisotopic (exact) mass is 579 g/mol. The molecule has 0 saturated heterocycles. The third kappa shape index (κ3) is 4.64. The van der Waals surface area contributed by atoms with Crippen LogP contribution in [-0.4, -0.2) is 19.6 Å². The minimum Gasteiger partial charge on any atom is -0.507 e. The molecule has 8 rings (SSSR count). The fourth-order valence-electron chi connectivity index (χ4n) is 6.39. The molecule has 2 aromatic heterocycles. The smallest absolute Gasteiger partial charge is 0.144 e. The van der Waals surface area contributed by atoms with Gasteiger partial charge in [-0.15, -0.1) is 0 Å². The van der Waals surface area contributed by atoms with Gasteiger partial charge in [0.05, 0.1) is 22.3 Å². The van der Waals surface area contributed by atoms with Crippen LogP contribution in [0.1, 0.15) is 0 Å². The van der Waals surface area contributed by atoms with E-state index in [2.05, 4.69) is 120 Å². The van der Waals surface area contributed by atoms with Crippen LogP contribution >= 0.6 is 0 Å². The lowest BCUT2D eigenvalue weighted by molar-refractivity contribution is 0.476. The summed E-state index contributed by atoms with van der Waals surface area (Å²) in [5.74, 6) is 0.922. The van der Waals surface area contributed by atoms with Crippen molar-refractivity contribution in [2.45, 2.75) is 0 Å². The average molecular weight is 580 g/mol. The number of nitrogens with zero attached hydrogens (tertiary/aromatic N) is 3. The first-order valence-corrected chi connectivity index (χ1v) is 15.0. The second-order valence-electron chi connectivity index (χ2n) is 11.3. The average Bonchev–Trinajstić information content (AvgIpc) is 3.45. The number of hydrogen-bond donors (Lipinski definition) is 1. The van der Waals surface area contributed by atoms with Crippen molar-refractivity contribution in [2.75, 3.05) is 0 Å². The van der Waals surface area contributed by atoms with Crippen molar-refractivity contribution < 1.29 is 5.11 Å². The Labute approximate surface area is 261 Å². The molecule has 0 aliphatic rings. The molecule has 1 N–H and O–H groups in total. The van der Waals surface area contributed by atoms with Crippen LogP contribution in [0, 0.1) is 0 Å². The summed E-state index contributed by atoms with van der Waals surface area (Å²) in [6.07, 6.45) is 1.89. The standard InChI is InChI=1S/C41H29N3O/c1-44-40-35(28-11-3-2-4-12-28)22-21-34(39(40)43-41(44)36-18-7-8-20-38(36)45)29-15-9-16-31(25-29)37-26-30(23-24-42-37)33-19-10-14-27-13-5-6-17-32(27)33/h2-26,45H,1H3. The van der Waals surface area contributed by atoms with Gasteiger partial charge in [0.2, 0.25) is 0 Å². The third-order valence-electron chi connectivity index (χ3n) is 8.58. The molecule has 6 aromatic carbocycles. The van der Waals surface area contributed by atoms with Gasteiger partial charge in [-0.1, -0.05) is 115 Å². The predicted octanol–water partition coefficient (Wildman–Crippen LogP) is 10.2. The molecule has 0 fully saturated rings. The molecule has 2 heterocycles. The number of pyridine rings is 1. The minimum atomic E-state index is 0.206. The maximum atomic E-state index is 10.8. The Morgan fingerprint density at radius 1 is 0.533 bits per heavy atom. The number of rotatable bonds is 5. The van der Waals surface area contributed by atoms with Crippen LogP contribution in [-0.2, 0) is 7.05 Å². The zero-order chi connectivity index (χ0) is 30.3. The van der Waals surface area contributed by atoms with Gasteiger partial charge in [0.1, 0.15) is 11.6 Å². The molecular formula is C41H29N3O. The van der Waals surface area contributed by atoms with Gasteiger partial charge >= 0.3 is 0 Å². The van der Waals surface area contributed by atoms with Crippen molar-refractivity contribution in [3.05, 3.63) is 152 Å². The Hall–Kier alpha value is -6.00. The van der Waals surface area contributed by atoms with Crippen LogP contribution in [0.25, 0.3) is 77.8 Å². The molecule has 0 spiro atoms. The number of imidazole rings is 1. The zero-order valence-electron chi connectivity index (χ0n) is 24.7. The first-order valence-electron chi connectivity index (χ1n) is 15.0. The van der Waals surface area contributed by atoms with Gasteiger partial charge in [-0.25, -0.2) is 4.98 Å². The predicted molar refractivity (Wildman–Crippen MR) is 185 cm³/mol. The van der Waals surface area contributed by atoms with Crippen LogP contribution in [0.4, 0.5) is 0 Å².